The van der Waals surface area contributed by atoms with Crippen molar-refractivity contribution in [3.63, 3.8) is 0 Å². The van der Waals surface area contributed by atoms with E-state index in [4.69, 9.17) is 33.2 Å². The van der Waals surface area contributed by atoms with Crippen molar-refractivity contribution in [1.82, 2.24) is 24.4 Å². The molecule has 0 spiro atoms. The highest BCUT2D eigenvalue weighted by Crippen LogP contribution is 2.26. The predicted molar refractivity (Wildman–Crippen MR) is 174 cm³/mol. The van der Waals surface area contributed by atoms with Crippen molar-refractivity contribution in [3.8, 4) is 0 Å². The van der Waals surface area contributed by atoms with E-state index in [2.05, 4.69) is 29.0 Å². The van der Waals surface area contributed by atoms with Crippen LogP contribution < -0.4 is 10.2 Å². The van der Waals surface area contributed by atoms with Gasteiger partial charge < -0.3 is 19.7 Å². The Hall–Kier alpha value is -3.96. The van der Waals surface area contributed by atoms with Crippen molar-refractivity contribution in [1.29, 1.82) is 0 Å². The SMILES string of the molecule is CCCCC(CC)CNc1nc(N2CCN(C(=O)c3cc(Cl)cc(Cl)c3)CC2)nc2c1ncn2Cc1ccc([N+](=O)[O-])cc1. The van der Waals surface area contributed by atoms with Crippen LogP contribution in [0.1, 0.15) is 55.5 Å². The number of halogens is 2. The Morgan fingerprint density at radius 3 is 2.39 bits per heavy atom. The van der Waals surface area contributed by atoms with E-state index in [1.807, 2.05) is 4.57 Å². The minimum Gasteiger partial charge on any atom is -0.368 e. The number of fused-ring (bicyclic) bond motifs is 1. The highest BCUT2D eigenvalue weighted by Gasteiger charge is 2.26. The van der Waals surface area contributed by atoms with E-state index in [-0.39, 0.29) is 11.6 Å². The highest BCUT2D eigenvalue weighted by atomic mass is 35.5. The van der Waals surface area contributed by atoms with Gasteiger partial charge in [-0.15, -0.1) is 0 Å². The largest absolute Gasteiger partial charge is 0.368 e. The lowest BCUT2D eigenvalue weighted by Crippen LogP contribution is -2.49. The number of amides is 1. The number of unbranched alkanes of at least 4 members (excludes halogenated alkanes) is 1. The third-order valence-corrected chi connectivity index (χ3v) is 8.45. The van der Waals surface area contributed by atoms with Crippen molar-refractivity contribution in [2.45, 2.75) is 46.1 Å². The van der Waals surface area contributed by atoms with Crippen LogP contribution in [0.5, 0.6) is 0 Å². The third kappa shape index (κ3) is 7.39. The summed E-state index contributed by atoms with van der Waals surface area (Å²) in [6.45, 7) is 7.72. The molecule has 0 radical (unpaired) electrons. The number of benzene rings is 2. The standard InChI is InChI=1S/C31H36Cl2N8O3/c1-3-5-6-21(4-2)18-34-28-27-29(40(20-35-27)19-22-7-9-26(10-8-22)41(43)44)37-31(36-28)39-13-11-38(12-14-39)30(42)23-15-24(32)17-25(33)16-23/h7-10,15-17,20-21H,3-6,11-14,18-19H2,1-2H3,(H,34,36,37). The van der Waals surface area contributed by atoms with Crippen LogP contribution in [0, 0.1) is 16.0 Å². The van der Waals surface area contributed by atoms with E-state index in [0.717, 1.165) is 31.4 Å². The number of nitrogens with one attached hydrogen (secondary N) is 1. The van der Waals surface area contributed by atoms with Gasteiger partial charge in [0.2, 0.25) is 5.95 Å². The molecule has 1 atom stereocenters. The van der Waals surface area contributed by atoms with Crippen LogP contribution in [-0.4, -0.2) is 68.0 Å². The predicted octanol–water partition coefficient (Wildman–Crippen LogP) is 6.68. The van der Waals surface area contributed by atoms with Gasteiger partial charge in [-0.2, -0.15) is 9.97 Å². The molecule has 4 aromatic rings. The molecule has 0 aliphatic carbocycles. The number of non-ortho nitro benzene ring substituents is 1. The molecule has 1 aliphatic rings. The molecule has 11 nitrogen and oxygen atoms in total. The lowest BCUT2D eigenvalue weighted by Gasteiger charge is -2.35. The number of anilines is 2. The van der Waals surface area contributed by atoms with Gasteiger partial charge in [0.15, 0.2) is 17.0 Å². The maximum atomic E-state index is 13.2. The summed E-state index contributed by atoms with van der Waals surface area (Å²) in [5, 5.41) is 15.5. The van der Waals surface area contributed by atoms with Gasteiger partial charge >= 0.3 is 0 Å². The quantitative estimate of drug-likeness (QED) is 0.135. The van der Waals surface area contributed by atoms with Crippen LogP contribution in [0.25, 0.3) is 11.2 Å². The molecule has 5 rings (SSSR count). The summed E-state index contributed by atoms with van der Waals surface area (Å²) in [6.07, 6.45) is 6.28. The van der Waals surface area contributed by atoms with Crippen LogP contribution in [0.4, 0.5) is 17.5 Å². The van der Waals surface area contributed by atoms with Crippen molar-refractivity contribution >= 4 is 57.7 Å². The maximum absolute atomic E-state index is 13.2. The number of aromatic nitrogens is 4. The van der Waals surface area contributed by atoms with Gasteiger partial charge in [-0.05, 0) is 36.1 Å². The number of imidazole rings is 1. The average molecular weight is 640 g/mol. The summed E-state index contributed by atoms with van der Waals surface area (Å²) < 4.78 is 1.93. The number of nitrogens with zero attached hydrogens (tertiary/aromatic N) is 7. The zero-order chi connectivity index (χ0) is 31.2. The number of nitro groups is 1. The van der Waals surface area contributed by atoms with E-state index >= 15 is 0 Å². The van der Waals surface area contributed by atoms with Crippen LogP contribution in [0.2, 0.25) is 10.0 Å². The molecule has 0 saturated carbocycles. The first-order valence-corrected chi connectivity index (χ1v) is 15.7. The normalized spacial score (nSPS) is 14.2. The number of nitro benzene ring substituents is 1. The Balaban J connectivity index is 1.39. The maximum Gasteiger partial charge on any atom is 0.269 e. The molecule has 44 heavy (non-hydrogen) atoms. The molecule has 1 aliphatic heterocycles. The fourth-order valence-electron chi connectivity index (χ4n) is 5.39. The first kappa shape index (κ1) is 31.5. The zero-order valence-corrected chi connectivity index (χ0v) is 26.4. The van der Waals surface area contributed by atoms with Gasteiger partial charge in [0, 0.05) is 60.5 Å². The van der Waals surface area contributed by atoms with Crippen molar-refractivity contribution in [2.24, 2.45) is 5.92 Å². The second kappa shape index (κ2) is 14.2. The van der Waals surface area contributed by atoms with E-state index < -0.39 is 4.92 Å². The van der Waals surface area contributed by atoms with Crippen molar-refractivity contribution in [2.75, 3.05) is 42.9 Å². The molecule has 13 heteroatoms. The first-order chi connectivity index (χ1) is 21.2. The Labute approximate surface area is 266 Å². The molecule has 2 aromatic heterocycles. The Morgan fingerprint density at radius 2 is 1.75 bits per heavy atom. The molecule has 0 bridgehead atoms. The molecular weight excluding hydrogens is 603 g/mol. The lowest BCUT2D eigenvalue weighted by molar-refractivity contribution is -0.384. The fraction of sp³-hybridized carbons (Fsp3) is 0.419. The summed E-state index contributed by atoms with van der Waals surface area (Å²) in [7, 11) is 0. The number of hydrogen-bond acceptors (Lipinski definition) is 8. The lowest BCUT2D eigenvalue weighted by atomic mass is 9.99. The first-order valence-electron chi connectivity index (χ1n) is 15.0. The summed E-state index contributed by atoms with van der Waals surface area (Å²) in [4.78, 5) is 42.3. The fourth-order valence-corrected chi connectivity index (χ4v) is 5.91. The van der Waals surface area contributed by atoms with E-state index in [9.17, 15) is 14.9 Å². The summed E-state index contributed by atoms with van der Waals surface area (Å²) in [6, 6.07) is 11.4. The number of rotatable bonds is 12. The van der Waals surface area contributed by atoms with Crippen LogP contribution in [0.3, 0.4) is 0 Å². The second-order valence-electron chi connectivity index (χ2n) is 11.1. The van der Waals surface area contributed by atoms with Crippen molar-refractivity contribution in [3.05, 3.63) is 80.1 Å². The van der Waals surface area contributed by atoms with E-state index in [1.165, 1.54) is 18.6 Å². The third-order valence-electron chi connectivity index (χ3n) is 8.01. The molecule has 1 saturated heterocycles. The number of piperazine rings is 1. The Morgan fingerprint density at radius 1 is 1.05 bits per heavy atom. The van der Waals surface area contributed by atoms with E-state index in [1.54, 1.807) is 41.6 Å². The Kier molecular flexibility index (Phi) is 10.2. The van der Waals surface area contributed by atoms with Gasteiger partial charge in [0.25, 0.3) is 11.6 Å². The number of carbonyl (C=O) groups is 1. The minimum absolute atomic E-state index is 0.0463. The molecule has 1 unspecified atom stereocenters. The van der Waals surface area contributed by atoms with Crippen LogP contribution in [0.15, 0.2) is 48.8 Å². The van der Waals surface area contributed by atoms with Gasteiger partial charge in [-0.25, -0.2) is 4.98 Å². The molecule has 1 amide bonds. The van der Waals surface area contributed by atoms with E-state index in [0.29, 0.717) is 77.2 Å². The smallest absolute Gasteiger partial charge is 0.269 e. The molecule has 232 valence electrons. The summed E-state index contributed by atoms with van der Waals surface area (Å²) >= 11 is 12.3. The van der Waals surface area contributed by atoms with Crippen LogP contribution in [-0.2, 0) is 6.54 Å². The van der Waals surface area contributed by atoms with Gasteiger partial charge in [-0.1, -0.05) is 68.4 Å². The second-order valence-corrected chi connectivity index (χ2v) is 11.9. The van der Waals surface area contributed by atoms with Gasteiger partial charge in [0.05, 0.1) is 17.8 Å². The summed E-state index contributed by atoms with van der Waals surface area (Å²) in [5.74, 6) is 1.63. The molecule has 3 heterocycles. The zero-order valence-electron chi connectivity index (χ0n) is 24.9. The molecule has 1 fully saturated rings. The monoisotopic (exact) mass is 638 g/mol. The average Bonchev–Trinajstić information content (AvgIpc) is 3.43. The van der Waals surface area contributed by atoms with Crippen LogP contribution >= 0.6 is 23.2 Å². The molecular formula is C31H36Cl2N8O3. The highest BCUT2D eigenvalue weighted by molar-refractivity contribution is 6.35. The van der Waals surface area contributed by atoms with Gasteiger partial charge in [0.1, 0.15) is 0 Å². The van der Waals surface area contributed by atoms with Gasteiger partial charge in [-0.3, -0.25) is 14.9 Å². The number of hydrogen-bond donors (Lipinski definition) is 1. The molecule has 1 N–H and O–H groups in total. The number of carbonyl (C=O) groups excluding carboxylic acids is 1. The minimum atomic E-state index is -0.407. The van der Waals surface area contributed by atoms with Crippen molar-refractivity contribution < 1.29 is 9.72 Å². The topological polar surface area (TPSA) is 122 Å². The molecule has 2 aromatic carbocycles. The summed E-state index contributed by atoms with van der Waals surface area (Å²) in [5.41, 5.74) is 2.74. The Bertz CT molecular complexity index is 1600.